The van der Waals surface area contributed by atoms with E-state index in [2.05, 4.69) is 22.7 Å². The minimum Gasteiger partial charge on any atom is -0.382 e. The molecule has 0 aliphatic heterocycles. The minimum atomic E-state index is 0.568. The lowest BCUT2D eigenvalue weighted by Gasteiger charge is -2.10. The number of nitrogen functional groups attached to an aromatic ring is 1. The molecule has 2 aromatic heterocycles. The molecular weight excluding hydrogens is 292 g/mol. The third-order valence-electron chi connectivity index (χ3n) is 4.46. The molecule has 3 rings (SSSR count). The molecule has 4 nitrogen and oxygen atoms in total. The Balaban J connectivity index is 1.85. The molecule has 0 radical (unpaired) electrons. The Morgan fingerprint density at radius 2 is 2.14 bits per heavy atom. The van der Waals surface area contributed by atoms with E-state index >= 15 is 0 Å². The summed E-state index contributed by atoms with van der Waals surface area (Å²) in [6.45, 7) is 3.17. The van der Waals surface area contributed by atoms with Crippen molar-refractivity contribution < 1.29 is 0 Å². The van der Waals surface area contributed by atoms with Crippen LogP contribution in [0.4, 0.5) is 5.82 Å². The molecule has 1 saturated carbocycles. The van der Waals surface area contributed by atoms with Crippen molar-refractivity contribution in [3.8, 4) is 0 Å². The number of nitrogens with two attached hydrogens (primary N) is 1. The number of fused-ring (bicyclic) bond motifs is 1. The van der Waals surface area contributed by atoms with E-state index in [0.29, 0.717) is 5.82 Å². The van der Waals surface area contributed by atoms with Crippen LogP contribution in [0.2, 0.25) is 0 Å². The molecule has 0 bridgehead atoms. The van der Waals surface area contributed by atoms with Crippen molar-refractivity contribution in [3.63, 3.8) is 0 Å². The summed E-state index contributed by atoms with van der Waals surface area (Å²) in [5.74, 6) is 3.88. The number of aromatic nitrogens is 3. The maximum absolute atomic E-state index is 6.06. The number of aryl methyl sites for hydroxylation is 2. The molecule has 0 amide bonds. The average Bonchev–Trinajstić information content (AvgIpc) is 3.24. The lowest BCUT2D eigenvalue weighted by atomic mass is 10.2. The van der Waals surface area contributed by atoms with Gasteiger partial charge in [-0.15, -0.1) is 0 Å². The Bertz CT molecular complexity index is 646. The van der Waals surface area contributed by atoms with Crippen LogP contribution in [0.15, 0.2) is 6.20 Å². The number of imidazole rings is 1. The van der Waals surface area contributed by atoms with Gasteiger partial charge in [0.15, 0.2) is 5.82 Å². The molecule has 2 N–H and O–H groups in total. The fourth-order valence-electron chi connectivity index (χ4n) is 3.04. The number of nitrogens with zero attached hydrogens (tertiary/aromatic N) is 3. The second-order valence-corrected chi connectivity index (χ2v) is 7.39. The zero-order valence-electron chi connectivity index (χ0n) is 13.6. The summed E-state index contributed by atoms with van der Waals surface area (Å²) in [5.41, 5.74) is 9.35. The van der Waals surface area contributed by atoms with Crippen molar-refractivity contribution in [2.45, 2.75) is 52.0 Å². The Morgan fingerprint density at radius 1 is 1.32 bits per heavy atom. The van der Waals surface area contributed by atoms with Gasteiger partial charge in [-0.05, 0) is 56.1 Å². The van der Waals surface area contributed by atoms with E-state index in [1.54, 1.807) is 0 Å². The van der Waals surface area contributed by atoms with Gasteiger partial charge in [0.05, 0.1) is 5.52 Å². The summed E-state index contributed by atoms with van der Waals surface area (Å²) in [7, 11) is 0. The zero-order chi connectivity index (χ0) is 15.5. The first-order valence-corrected chi connectivity index (χ1v) is 9.69. The second-order valence-electron chi connectivity index (χ2n) is 6.40. The quantitative estimate of drug-likeness (QED) is 0.752. The summed E-state index contributed by atoms with van der Waals surface area (Å²) < 4.78 is 2.42. The molecule has 1 aliphatic carbocycles. The molecule has 0 unspecified atom stereocenters. The summed E-state index contributed by atoms with van der Waals surface area (Å²) in [6.07, 6.45) is 11.6. The van der Waals surface area contributed by atoms with E-state index in [9.17, 15) is 0 Å². The topological polar surface area (TPSA) is 56.7 Å². The van der Waals surface area contributed by atoms with Gasteiger partial charge in [0, 0.05) is 19.2 Å². The van der Waals surface area contributed by atoms with Gasteiger partial charge in [-0.3, -0.25) is 0 Å². The summed E-state index contributed by atoms with van der Waals surface area (Å²) in [4.78, 5) is 9.12. The summed E-state index contributed by atoms with van der Waals surface area (Å²) in [5, 5.41) is 0. The fraction of sp³-hybridized carbons (Fsp3) is 0.647. The normalized spacial score (nSPS) is 14.8. The number of rotatable bonds is 8. The van der Waals surface area contributed by atoms with E-state index < -0.39 is 0 Å². The van der Waals surface area contributed by atoms with E-state index in [0.717, 1.165) is 24.4 Å². The van der Waals surface area contributed by atoms with E-state index in [1.807, 2.05) is 18.0 Å². The maximum atomic E-state index is 6.06. The standard InChI is InChI=1S/C17H26N4S/c1-12-11-19-17(18)15-16(12)21(8-4-3-5-9-22-2)14(20-15)10-13-6-7-13/h11,13H,3-10H2,1-2H3,(H2,18,19). The SMILES string of the molecule is CSCCCCCn1c(CC2CC2)nc2c(N)ncc(C)c21. The highest BCUT2D eigenvalue weighted by Crippen LogP contribution is 2.34. The predicted octanol–water partition coefficient (Wildman–Crippen LogP) is 3.81. The van der Waals surface area contributed by atoms with Crippen molar-refractivity contribution in [1.29, 1.82) is 0 Å². The first kappa shape index (κ1) is 15.7. The summed E-state index contributed by atoms with van der Waals surface area (Å²) >= 11 is 1.93. The molecule has 0 atom stereocenters. The average molecular weight is 318 g/mol. The van der Waals surface area contributed by atoms with Gasteiger partial charge in [-0.1, -0.05) is 6.42 Å². The zero-order valence-corrected chi connectivity index (χ0v) is 14.5. The third-order valence-corrected chi connectivity index (χ3v) is 5.16. The largest absolute Gasteiger partial charge is 0.382 e. The lowest BCUT2D eigenvalue weighted by Crippen LogP contribution is -2.06. The van der Waals surface area contributed by atoms with Crippen LogP contribution in [0.5, 0.6) is 0 Å². The highest BCUT2D eigenvalue weighted by molar-refractivity contribution is 7.98. The lowest BCUT2D eigenvalue weighted by molar-refractivity contribution is 0.582. The minimum absolute atomic E-state index is 0.568. The van der Waals surface area contributed by atoms with Gasteiger partial charge in [0.1, 0.15) is 11.3 Å². The predicted molar refractivity (Wildman–Crippen MR) is 95.3 cm³/mol. The smallest absolute Gasteiger partial charge is 0.151 e. The highest BCUT2D eigenvalue weighted by Gasteiger charge is 2.25. The maximum Gasteiger partial charge on any atom is 0.151 e. The van der Waals surface area contributed by atoms with Crippen molar-refractivity contribution in [2.24, 2.45) is 5.92 Å². The van der Waals surface area contributed by atoms with Crippen molar-refractivity contribution in [1.82, 2.24) is 14.5 Å². The molecule has 120 valence electrons. The van der Waals surface area contributed by atoms with Gasteiger partial charge >= 0.3 is 0 Å². The van der Waals surface area contributed by atoms with Crippen LogP contribution in [0, 0.1) is 12.8 Å². The van der Waals surface area contributed by atoms with Gasteiger partial charge in [-0.2, -0.15) is 11.8 Å². The number of thioether (sulfide) groups is 1. The first-order chi connectivity index (χ1) is 10.7. The van der Waals surface area contributed by atoms with Gasteiger partial charge < -0.3 is 10.3 Å². The number of hydrogen-bond acceptors (Lipinski definition) is 4. The van der Waals surface area contributed by atoms with Crippen LogP contribution >= 0.6 is 11.8 Å². The van der Waals surface area contributed by atoms with Crippen LogP contribution in [0.1, 0.15) is 43.5 Å². The molecule has 1 aliphatic rings. The Hall–Kier alpha value is -1.23. The molecule has 1 fully saturated rings. The molecule has 5 heteroatoms. The Labute approximate surface area is 136 Å². The molecule has 0 aromatic carbocycles. The number of pyridine rings is 1. The summed E-state index contributed by atoms with van der Waals surface area (Å²) in [6, 6.07) is 0. The van der Waals surface area contributed by atoms with Crippen LogP contribution in [0.25, 0.3) is 11.0 Å². The van der Waals surface area contributed by atoms with Crippen LogP contribution in [0.3, 0.4) is 0 Å². The van der Waals surface area contributed by atoms with Gasteiger partial charge in [0.2, 0.25) is 0 Å². The van der Waals surface area contributed by atoms with Gasteiger partial charge in [-0.25, -0.2) is 9.97 Å². The van der Waals surface area contributed by atoms with E-state index in [-0.39, 0.29) is 0 Å². The molecule has 0 spiro atoms. The number of hydrogen-bond donors (Lipinski definition) is 1. The fourth-order valence-corrected chi connectivity index (χ4v) is 3.53. The monoisotopic (exact) mass is 318 g/mol. The molecule has 22 heavy (non-hydrogen) atoms. The van der Waals surface area contributed by atoms with E-state index in [1.165, 1.54) is 54.8 Å². The third kappa shape index (κ3) is 3.40. The van der Waals surface area contributed by atoms with Crippen molar-refractivity contribution >= 4 is 28.6 Å². The van der Waals surface area contributed by atoms with E-state index in [4.69, 9.17) is 10.7 Å². The van der Waals surface area contributed by atoms with Crippen molar-refractivity contribution in [3.05, 3.63) is 17.6 Å². The molecule has 2 heterocycles. The van der Waals surface area contributed by atoms with Crippen LogP contribution in [-0.2, 0) is 13.0 Å². The Morgan fingerprint density at radius 3 is 2.86 bits per heavy atom. The number of anilines is 1. The first-order valence-electron chi connectivity index (χ1n) is 8.30. The Kier molecular flexibility index (Phi) is 4.91. The van der Waals surface area contributed by atoms with Crippen LogP contribution in [-0.4, -0.2) is 26.5 Å². The molecule has 0 saturated heterocycles. The number of unbranched alkanes of at least 4 members (excludes halogenated alkanes) is 2. The van der Waals surface area contributed by atoms with Crippen molar-refractivity contribution in [2.75, 3.05) is 17.7 Å². The highest BCUT2D eigenvalue weighted by atomic mass is 32.2. The molecular formula is C17H26N4S. The van der Waals surface area contributed by atoms with Gasteiger partial charge in [0.25, 0.3) is 0 Å². The molecule has 2 aromatic rings. The van der Waals surface area contributed by atoms with Crippen LogP contribution < -0.4 is 5.73 Å². The second kappa shape index (κ2) is 6.90.